The van der Waals surface area contributed by atoms with E-state index in [-0.39, 0.29) is 25.5 Å². The number of unbranched alkanes of at least 4 members (excludes halogenated alkanes) is 1. The van der Waals surface area contributed by atoms with Crippen LogP contribution in [0.15, 0.2) is 34.6 Å². The summed E-state index contributed by atoms with van der Waals surface area (Å²) in [6.45, 7) is 2.05. The van der Waals surface area contributed by atoms with Crippen molar-refractivity contribution in [3.63, 3.8) is 0 Å². The van der Waals surface area contributed by atoms with Gasteiger partial charge in [-0.1, -0.05) is 47.9 Å². The van der Waals surface area contributed by atoms with Crippen molar-refractivity contribution in [1.82, 2.24) is 10.6 Å². The number of esters is 1. The minimum atomic E-state index is -1.07. The monoisotopic (exact) mass is 463 g/mol. The van der Waals surface area contributed by atoms with E-state index in [1.54, 1.807) is 0 Å². The largest absolute Gasteiger partial charge is 0.467 e. The second kappa shape index (κ2) is 13.7. The summed E-state index contributed by atoms with van der Waals surface area (Å²) in [6.07, 6.45) is 2.30. The smallest absolute Gasteiger partial charge is 0.407 e. The summed E-state index contributed by atoms with van der Waals surface area (Å²) in [7, 11) is 1.19. The van der Waals surface area contributed by atoms with Crippen molar-refractivity contribution in [2.24, 2.45) is 16.2 Å². The van der Waals surface area contributed by atoms with E-state index < -0.39 is 24.2 Å². The summed E-state index contributed by atoms with van der Waals surface area (Å²) in [6, 6.07) is 6.24. The van der Waals surface area contributed by atoms with Crippen molar-refractivity contribution in [3.05, 3.63) is 35.4 Å². The normalized spacial score (nSPS) is 15.8. The van der Waals surface area contributed by atoms with Gasteiger partial charge >= 0.3 is 12.1 Å². The zero-order valence-electron chi connectivity index (χ0n) is 18.6. The molecule has 1 aromatic rings. The number of hydrogen-bond donors (Lipinski definition) is 3. The summed E-state index contributed by atoms with van der Waals surface area (Å²) >= 11 is 0. The van der Waals surface area contributed by atoms with Gasteiger partial charge in [-0.2, -0.15) is 0 Å². The Morgan fingerprint density at radius 2 is 2.09 bits per heavy atom. The van der Waals surface area contributed by atoms with E-state index in [1.807, 2.05) is 31.2 Å². The Balaban J connectivity index is 1.79. The summed E-state index contributed by atoms with van der Waals surface area (Å²) in [4.78, 5) is 45.6. The molecule has 0 radical (unpaired) electrons. The van der Waals surface area contributed by atoms with Crippen molar-refractivity contribution in [2.45, 2.75) is 44.8 Å². The quantitative estimate of drug-likeness (QED) is 0.179. The zero-order valence-corrected chi connectivity index (χ0v) is 18.6. The molecule has 1 aromatic carbocycles. The Bertz CT molecular complexity index is 857. The van der Waals surface area contributed by atoms with Gasteiger partial charge in [-0.3, -0.25) is 4.79 Å². The van der Waals surface area contributed by atoms with Gasteiger partial charge in [0.2, 0.25) is 5.91 Å². The Kier molecular flexibility index (Phi) is 10.6. The average Bonchev–Trinajstić information content (AvgIpc) is 3.28. The van der Waals surface area contributed by atoms with Crippen LogP contribution in [0.4, 0.5) is 4.79 Å². The predicted octanol–water partition coefficient (Wildman–Crippen LogP) is 0.978. The Labute approximate surface area is 191 Å². The summed E-state index contributed by atoms with van der Waals surface area (Å²) in [5.41, 5.74) is 2.35. The van der Waals surface area contributed by atoms with Crippen LogP contribution in [0.2, 0.25) is 0 Å². The molecule has 2 amide bonds. The third kappa shape index (κ3) is 8.77. The maximum atomic E-state index is 12.3. The lowest BCUT2D eigenvalue weighted by atomic mass is 10.0. The topological polar surface area (TPSA) is 163 Å². The number of nitrogens with zero attached hydrogens (tertiary/aromatic N) is 2. The second-order valence-electron chi connectivity index (χ2n) is 7.15. The van der Waals surface area contributed by atoms with Crippen molar-refractivity contribution >= 4 is 29.9 Å². The maximum absolute atomic E-state index is 12.3. The molecular weight excluding hydrogens is 434 g/mol. The van der Waals surface area contributed by atoms with Crippen LogP contribution in [0.25, 0.3) is 0 Å². The molecule has 0 spiro atoms. The van der Waals surface area contributed by atoms with Crippen molar-refractivity contribution in [1.29, 1.82) is 0 Å². The van der Waals surface area contributed by atoms with Crippen LogP contribution >= 0.6 is 0 Å². The molecule has 1 aliphatic rings. The van der Waals surface area contributed by atoms with Crippen LogP contribution < -0.4 is 16.5 Å². The fourth-order valence-corrected chi connectivity index (χ4v) is 2.88. The number of amides is 2. The fourth-order valence-electron chi connectivity index (χ4n) is 2.88. The van der Waals surface area contributed by atoms with Gasteiger partial charge in [-0.25, -0.2) is 9.59 Å². The molecule has 2 atom stereocenters. The van der Waals surface area contributed by atoms with Gasteiger partial charge in [0.15, 0.2) is 0 Å². The molecule has 12 nitrogen and oxygen atoms in total. The van der Waals surface area contributed by atoms with Crippen LogP contribution in [-0.4, -0.2) is 62.3 Å². The number of carbonyl (C=O) groups is 3. The Morgan fingerprint density at radius 1 is 1.33 bits per heavy atom. The van der Waals surface area contributed by atoms with E-state index in [0.29, 0.717) is 18.6 Å². The minimum Gasteiger partial charge on any atom is -0.467 e. The van der Waals surface area contributed by atoms with Crippen molar-refractivity contribution in [2.75, 3.05) is 20.3 Å². The Morgan fingerprint density at radius 3 is 2.76 bits per heavy atom. The third-order valence-electron chi connectivity index (χ3n) is 4.66. The van der Waals surface area contributed by atoms with E-state index in [4.69, 9.17) is 15.5 Å². The lowest BCUT2D eigenvalue weighted by molar-refractivity contribution is -0.143. The Hall–Kier alpha value is -3.67. The number of rotatable bonds is 12. The molecule has 0 saturated heterocycles. The lowest BCUT2D eigenvalue weighted by Gasteiger charge is -2.17. The number of oxime groups is 2. The highest BCUT2D eigenvalue weighted by Crippen LogP contribution is 2.19. The average molecular weight is 463 g/mol. The van der Waals surface area contributed by atoms with Crippen LogP contribution in [-0.2, 0) is 28.8 Å². The standard InChI is InChI=1S/C21H29N5O7/c1-3-4-9-31-21(29)25-18(20(28)30-2)13-23-19(27)11-16-10-17(26-32-16)15-7-5-14(6-8-15)12-24-33-22/h5-8,12,16,18H,3-4,9-11,13,22H2,1-2H3,(H,23,27)(H,25,29)/t16-,18+/m1/s1. The van der Waals surface area contributed by atoms with Gasteiger partial charge in [0.25, 0.3) is 0 Å². The molecule has 0 unspecified atom stereocenters. The molecular formula is C21H29N5O7. The van der Waals surface area contributed by atoms with Crippen molar-refractivity contribution in [3.8, 4) is 0 Å². The first-order valence-corrected chi connectivity index (χ1v) is 10.5. The molecule has 0 bridgehead atoms. The van der Waals surface area contributed by atoms with Gasteiger partial charge < -0.3 is 29.9 Å². The number of benzene rings is 1. The highest BCUT2D eigenvalue weighted by molar-refractivity contribution is 6.02. The summed E-state index contributed by atoms with van der Waals surface area (Å²) < 4.78 is 9.65. The van der Waals surface area contributed by atoms with Gasteiger partial charge in [0.1, 0.15) is 12.1 Å². The second-order valence-corrected chi connectivity index (χ2v) is 7.15. The van der Waals surface area contributed by atoms with Gasteiger partial charge in [-0.15, -0.1) is 5.90 Å². The number of nitrogens with one attached hydrogen (secondary N) is 2. The molecule has 1 heterocycles. The third-order valence-corrected chi connectivity index (χ3v) is 4.66. The van der Waals surface area contributed by atoms with E-state index in [0.717, 1.165) is 17.5 Å². The predicted molar refractivity (Wildman–Crippen MR) is 118 cm³/mol. The summed E-state index contributed by atoms with van der Waals surface area (Å²) in [5.74, 6) is 3.79. The molecule has 180 valence electrons. The molecule has 0 fully saturated rings. The number of ether oxygens (including phenoxy) is 2. The van der Waals surface area contributed by atoms with E-state index in [9.17, 15) is 14.4 Å². The highest BCUT2D eigenvalue weighted by atomic mass is 16.7. The first-order valence-electron chi connectivity index (χ1n) is 10.5. The molecule has 33 heavy (non-hydrogen) atoms. The molecule has 0 aliphatic carbocycles. The SMILES string of the molecule is CCCCOC(=O)N[C@@H](CNC(=O)C[C@H]1CC(c2ccc(C=NON)cc2)=NO1)C(=O)OC. The van der Waals surface area contributed by atoms with Gasteiger partial charge in [0, 0.05) is 13.0 Å². The lowest BCUT2D eigenvalue weighted by Crippen LogP contribution is -2.49. The molecule has 0 saturated carbocycles. The van der Waals surface area contributed by atoms with E-state index in [1.165, 1.54) is 13.3 Å². The number of hydrogen-bond acceptors (Lipinski definition) is 10. The maximum Gasteiger partial charge on any atom is 0.407 e. The molecule has 1 aliphatic heterocycles. The van der Waals surface area contributed by atoms with Crippen LogP contribution in [0.1, 0.15) is 43.7 Å². The van der Waals surface area contributed by atoms with Gasteiger partial charge in [0.05, 0.1) is 32.1 Å². The van der Waals surface area contributed by atoms with Crippen LogP contribution in [0.3, 0.4) is 0 Å². The summed E-state index contributed by atoms with van der Waals surface area (Å²) in [5, 5.41) is 12.5. The number of methoxy groups -OCH3 is 1. The van der Waals surface area contributed by atoms with Gasteiger partial charge in [-0.05, 0) is 17.5 Å². The van der Waals surface area contributed by atoms with E-state index >= 15 is 0 Å². The molecule has 12 heteroatoms. The van der Waals surface area contributed by atoms with Crippen LogP contribution in [0, 0.1) is 0 Å². The first-order chi connectivity index (χ1) is 16.0. The van der Waals surface area contributed by atoms with Crippen molar-refractivity contribution < 1.29 is 33.6 Å². The zero-order chi connectivity index (χ0) is 24.1. The first kappa shape index (κ1) is 25.6. The minimum absolute atomic E-state index is 0.0282. The number of carbonyl (C=O) groups excluding carboxylic acids is 3. The van der Waals surface area contributed by atoms with Crippen LogP contribution in [0.5, 0.6) is 0 Å². The molecule has 2 rings (SSSR count). The molecule has 4 N–H and O–H groups in total. The number of alkyl carbamates (subject to hydrolysis) is 1. The highest BCUT2D eigenvalue weighted by Gasteiger charge is 2.27. The number of nitrogens with two attached hydrogens (primary N) is 1. The van der Waals surface area contributed by atoms with E-state index in [2.05, 4.69) is 30.6 Å². The molecule has 0 aromatic heterocycles. The fraction of sp³-hybridized carbons (Fsp3) is 0.476.